The molecule has 21 aromatic carbocycles. The van der Waals surface area contributed by atoms with E-state index in [4.69, 9.17) is 55.8 Å². The van der Waals surface area contributed by atoms with E-state index in [-0.39, 0.29) is 23.6 Å². The molecule has 11 nitrogen and oxygen atoms in total. The lowest BCUT2D eigenvalue weighted by molar-refractivity contribution is 0.00578. The van der Waals surface area contributed by atoms with Crippen molar-refractivity contribution < 1.29 is 9.31 Å². The Labute approximate surface area is 817 Å². The minimum atomic E-state index is -0.343. The number of nitrogens with zero attached hydrogens (tertiary/aromatic N) is 9. The van der Waals surface area contributed by atoms with Gasteiger partial charge in [-0.15, -0.1) is 34.0 Å². The molecule has 0 aliphatic carbocycles. The summed E-state index contributed by atoms with van der Waals surface area (Å²) >= 11 is 11.5. The van der Waals surface area contributed by atoms with Crippen molar-refractivity contribution in [3.05, 3.63) is 424 Å². The second-order valence-electron chi connectivity index (χ2n) is 36.0. The van der Waals surface area contributed by atoms with Crippen LogP contribution < -0.4 is 5.46 Å². The maximum Gasteiger partial charge on any atom is 0.494 e. The fourth-order valence-electron chi connectivity index (χ4n) is 19.8. The number of benzene rings is 21. The average Bonchev–Trinajstić information content (AvgIpc) is 0.833. The summed E-state index contributed by atoms with van der Waals surface area (Å²) in [7, 11) is -0.343. The van der Waals surface area contributed by atoms with Gasteiger partial charge in [-0.1, -0.05) is 370 Å². The zero-order valence-electron chi connectivity index (χ0n) is 75.9. The van der Waals surface area contributed by atoms with E-state index < -0.39 is 0 Å². The first kappa shape index (κ1) is 84.7. The van der Waals surface area contributed by atoms with Crippen molar-refractivity contribution >= 4 is 216 Å². The number of rotatable bonds is 9. The van der Waals surface area contributed by atoms with Gasteiger partial charge in [-0.05, 0) is 190 Å². The zero-order chi connectivity index (χ0) is 93.0. The first-order chi connectivity index (χ1) is 68.3. The van der Waals surface area contributed by atoms with Crippen molar-refractivity contribution in [1.29, 1.82) is 0 Å². The van der Waals surface area contributed by atoms with Gasteiger partial charge < -0.3 is 9.31 Å². The van der Waals surface area contributed by atoms with Crippen LogP contribution in [-0.2, 0) is 9.31 Å². The standard InChI is InChI=1S/2C39H23N3S.C24H23BO2.C21H12ClN3S/c2*1-2-11-24(12-3-1)37-40-38(42-39(41-37)33-19-10-18-32-31-17-8-9-20-35(31)43-36(32)33)25-21-22-30-28-15-5-4-13-26(28)27-14-6-7-16-29(27)34(30)23-25;1-23(2)24(3,4)27-25(26-23)16-13-14-21-19-11-6-5-9-17(19)18-10-7-8-12-20(18)22(21)15-16;22-21-24-19(13-7-2-1-3-8-13)23-20(25-21)16-11-6-10-15-14-9-4-5-12-17(14)26-18(15)16/h2*1-23H;5-15H,1-4H3;1-12H. The van der Waals surface area contributed by atoms with Crippen molar-refractivity contribution in [3.8, 4) is 91.1 Å². The highest BCUT2D eigenvalue weighted by Gasteiger charge is 2.52. The van der Waals surface area contributed by atoms with Crippen molar-refractivity contribution in [2.24, 2.45) is 0 Å². The molecule has 0 atom stereocenters. The Kier molecular flexibility index (Phi) is 21.3. The number of fused-ring (bicyclic) bond motifs is 27. The van der Waals surface area contributed by atoms with Gasteiger partial charge >= 0.3 is 7.12 Å². The molecule has 0 amide bonds. The quantitative estimate of drug-likeness (QED) is 0.101. The van der Waals surface area contributed by atoms with Gasteiger partial charge in [-0.2, -0.15) is 9.97 Å². The lowest BCUT2D eigenvalue weighted by Crippen LogP contribution is -2.41. The monoisotopic (exact) mass is 1860 g/mol. The second kappa shape index (κ2) is 34.9. The highest BCUT2D eigenvalue weighted by atomic mass is 35.5. The van der Waals surface area contributed by atoms with E-state index in [9.17, 15) is 0 Å². The minimum Gasteiger partial charge on any atom is -0.399 e. The first-order valence-electron chi connectivity index (χ1n) is 46.5. The van der Waals surface area contributed by atoms with Gasteiger partial charge in [0.15, 0.2) is 46.6 Å². The number of aromatic nitrogens is 9. The van der Waals surface area contributed by atoms with Crippen LogP contribution in [0.2, 0.25) is 5.28 Å². The summed E-state index contributed by atoms with van der Waals surface area (Å²) in [5.74, 6) is 5.22. The van der Waals surface area contributed by atoms with Crippen LogP contribution in [0, 0.1) is 0 Å². The summed E-state index contributed by atoms with van der Waals surface area (Å²) in [6.07, 6.45) is 0. The van der Waals surface area contributed by atoms with Gasteiger partial charge in [0.2, 0.25) is 5.28 Å². The Morgan fingerprint density at radius 3 is 0.734 bits per heavy atom. The number of thiophene rings is 3. The van der Waals surface area contributed by atoms with Gasteiger partial charge in [0.25, 0.3) is 0 Å². The van der Waals surface area contributed by atoms with Crippen LogP contribution in [0.5, 0.6) is 0 Å². The molecule has 0 spiro atoms. The molecule has 1 fully saturated rings. The fraction of sp³-hybridized carbons (Fsp3) is 0.0488. The van der Waals surface area contributed by atoms with Crippen LogP contribution in [0.1, 0.15) is 27.7 Å². The minimum absolute atomic E-state index is 0.201. The van der Waals surface area contributed by atoms with Gasteiger partial charge in [-0.3, -0.25) is 0 Å². The molecule has 7 heterocycles. The molecule has 0 radical (unpaired) electrons. The molecule has 139 heavy (non-hydrogen) atoms. The largest absolute Gasteiger partial charge is 0.494 e. The number of halogens is 1. The van der Waals surface area contributed by atoms with E-state index in [0.29, 0.717) is 46.6 Å². The van der Waals surface area contributed by atoms with Crippen LogP contribution in [-0.4, -0.2) is 63.2 Å². The summed E-state index contributed by atoms with van der Waals surface area (Å²) in [5, 5.41) is 30.1. The number of hydrogen-bond donors (Lipinski definition) is 0. The molecule has 6 aromatic heterocycles. The first-order valence-corrected chi connectivity index (χ1v) is 49.3. The lowest BCUT2D eigenvalue weighted by Gasteiger charge is -2.32. The summed E-state index contributed by atoms with van der Waals surface area (Å²) in [6, 6.07) is 147. The Morgan fingerprint density at radius 1 is 0.194 bits per heavy atom. The molecule has 1 aliphatic rings. The van der Waals surface area contributed by atoms with E-state index in [1.54, 1.807) is 34.0 Å². The third-order valence-corrected chi connectivity index (χ3v) is 31.0. The molecule has 27 aromatic rings. The predicted molar refractivity (Wildman–Crippen MR) is 586 cm³/mol. The highest BCUT2D eigenvalue weighted by molar-refractivity contribution is 7.27. The van der Waals surface area contributed by atoms with E-state index in [1.807, 2.05) is 78.9 Å². The van der Waals surface area contributed by atoms with Crippen LogP contribution in [0.15, 0.2) is 419 Å². The molecule has 1 aliphatic heterocycles. The van der Waals surface area contributed by atoms with Crippen LogP contribution in [0.4, 0.5) is 0 Å². The highest BCUT2D eigenvalue weighted by Crippen LogP contribution is 2.47. The molecular weight excluding hydrogens is 1780 g/mol. The Morgan fingerprint density at radius 2 is 0.417 bits per heavy atom. The Bertz CT molecular complexity index is 9140. The SMILES string of the molecule is CC1(C)OB(c2ccc3c4ccccc4c4ccccc4c3c2)OC1(C)C.Clc1nc(-c2ccccc2)nc(-c2cccc3c2sc2ccccc23)n1.c1ccc(-c2nc(-c3ccc4c5ccccc5c5ccccc5c4c3)nc(-c3cccc4c3sc3ccccc34)n2)cc1.c1ccc(-c2nc(-c3ccc4c5ccccc5c5ccccc5c4c3)nc(-c3cccc4c3sc3ccccc34)n2)cc1. The van der Waals surface area contributed by atoms with Crippen molar-refractivity contribution in [1.82, 2.24) is 44.9 Å². The van der Waals surface area contributed by atoms with Crippen LogP contribution in [0.3, 0.4) is 0 Å². The van der Waals surface area contributed by atoms with Crippen molar-refractivity contribution in [2.45, 2.75) is 38.9 Å². The average molecular weight is 1860 g/mol. The molecule has 28 rings (SSSR count). The molecule has 0 saturated carbocycles. The van der Waals surface area contributed by atoms with Crippen LogP contribution >= 0.6 is 45.6 Å². The van der Waals surface area contributed by atoms with Crippen molar-refractivity contribution in [3.63, 3.8) is 0 Å². The lowest BCUT2D eigenvalue weighted by atomic mass is 9.77. The molecule has 658 valence electrons. The maximum atomic E-state index is 6.28. The smallest absolute Gasteiger partial charge is 0.399 e. The summed E-state index contributed by atoms with van der Waals surface area (Å²) in [4.78, 5) is 43.9. The molecule has 16 heteroatoms. The molecule has 0 unspecified atom stereocenters. The Balaban J connectivity index is 0.000000101. The van der Waals surface area contributed by atoms with Gasteiger partial charge in [0.05, 0.1) is 11.2 Å². The summed E-state index contributed by atoms with van der Waals surface area (Å²) in [5.41, 5.74) is 8.22. The van der Waals surface area contributed by atoms with Crippen LogP contribution in [0.25, 0.3) is 249 Å². The van der Waals surface area contributed by atoms with E-state index in [0.717, 1.165) is 54.7 Å². The maximum absolute atomic E-state index is 6.28. The normalized spacial score (nSPS) is 13.0. The van der Waals surface area contributed by atoms with Gasteiger partial charge in [0, 0.05) is 105 Å². The third kappa shape index (κ3) is 15.3. The molecule has 1 saturated heterocycles. The van der Waals surface area contributed by atoms with Gasteiger partial charge in [-0.25, -0.2) is 34.9 Å². The number of hydrogen-bond acceptors (Lipinski definition) is 14. The molecular formula is C123H81BClN9O2S3. The molecule has 0 bridgehead atoms. The second-order valence-corrected chi connectivity index (χ2v) is 39.5. The van der Waals surface area contributed by atoms with E-state index >= 15 is 0 Å². The van der Waals surface area contributed by atoms with E-state index in [1.165, 1.54) is 153 Å². The van der Waals surface area contributed by atoms with E-state index in [2.05, 4.69) is 377 Å². The topological polar surface area (TPSA) is 134 Å². The molecule has 0 N–H and O–H groups in total. The third-order valence-electron chi connectivity index (χ3n) is 27.2. The zero-order valence-corrected chi connectivity index (χ0v) is 79.1. The predicted octanol–water partition coefficient (Wildman–Crippen LogP) is 33.1. The van der Waals surface area contributed by atoms with Gasteiger partial charge in [0.1, 0.15) is 0 Å². The van der Waals surface area contributed by atoms with Crippen molar-refractivity contribution in [2.75, 3.05) is 0 Å². The summed E-state index contributed by atoms with van der Waals surface area (Å²) in [6.45, 7) is 8.38. The summed E-state index contributed by atoms with van der Waals surface area (Å²) < 4.78 is 19.9. The Hall–Kier alpha value is -16.1. The fourth-order valence-corrected chi connectivity index (χ4v) is 23.6.